The molecule has 2 fully saturated rings. The van der Waals surface area contributed by atoms with Gasteiger partial charge in [0.2, 0.25) is 10.0 Å². The van der Waals surface area contributed by atoms with Gasteiger partial charge >= 0.3 is 0 Å². The summed E-state index contributed by atoms with van der Waals surface area (Å²) in [5.74, 6) is 0. The van der Waals surface area contributed by atoms with Crippen LogP contribution in [0.3, 0.4) is 0 Å². The molecule has 5 nitrogen and oxygen atoms in total. The molecule has 0 aromatic heterocycles. The first-order valence-electron chi connectivity index (χ1n) is 7.18. The van der Waals surface area contributed by atoms with Gasteiger partial charge in [-0.1, -0.05) is 12.1 Å². The zero-order valence-electron chi connectivity index (χ0n) is 11.5. The molecule has 2 N–H and O–H groups in total. The number of nitrogens with one attached hydrogen (secondary N) is 2. The molecule has 0 bridgehead atoms. The van der Waals surface area contributed by atoms with Crippen LogP contribution >= 0.6 is 0 Å². The normalized spacial score (nSPS) is 21.0. The summed E-state index contributed by atoms with van der Waals surface area (Å²) < 4.78 is 26.8. The van der Waals surface area contributed by atoms with Crippen LogP contribution in [0.1, 0.15) is 18.4 Å². The van der Waals surface area contributed by atoms with Crippen molar-refractivity contribution in [2.75, 3.05) is 26.2 Å². The summed E-state index contributed by atoms with van der Waals surface area (Å²) in [7, 11) is -3.32. The van der Waals surface area contributed by atoms with Crippen LogP contribution in [0.25, 0.3) is 0 Å². The van der Waals surface area contributed by atoms with Crippen LogP contribution in [0.4, 0.5) is 0 Å². The zero-order valence-corrected chi connectivity index (χ0v) is 12.3. The Kier molecular flexibility index (Phi) is 4.07. The molecule has 0 spiro atoms. The Labute approximate surface area is 120 Å². The number of sulfonamides is 1. The van der Waals surface area contributed by atoms with E-state index in [4.69, 9.17) is 0 Å². The number of benzene rings is 1. The Hall–Kier alpha value is -0.950. The van der Waals surface area contributed by atoms with Crippen LogP contribution in [-0.2, 0) is 16.6 Å². The molecule has 1 saturated carbocycles. The predicted octanol–water partition coefficient (Wildman–Crippen LogP) is 0.532. The zero-order chi connectivity index (χ0) is 14.0. The quantitative estimate of drug-likeness (QED) is 0.832. The van der Waals surface area contributed by atoms with Gasteiger partial charge in [0, 0.05) is 38.8 Å². The van der Waals surface area contributed by atoms with Gasteiger partial charge < -0.3 is 5.32 Å². The molecule has 0 atom stereocenters. The third kappa shape index (κ3) is 3.58. The van der Waals surface area contributed by atoms with E-state index in [2.05, 4.69) is 14.9 Å². The molecule has 1 saturated heterocycles. The highest BCUT2D eigenvalue weighted by molar-refractivity contribution is 7.89. The standard InChI is InChI=1S/C14H21N3O2S/c18-20(19,16-13-3-4-13)14-5-1-12(2-6-14)11-17-9-7-15-8-10-17/h1-2,5-6,13,15-16H,3-4,7-11H2. The molecule has 0 unspecified atom stereocenters. The molecule has 0 amide bonds. The second kappa shape index (κ2) is 5.81. The highest BCUT2D eigenvalue weighted by Gasteiger charge is 2.27. The molecule has 1 aromatic carbocycles. The monoisotopic (exact) mass is 295 g/mol. The maximum Gasteiger partial charge on any atom is 0.240 e. The van der Waals surface area contributed by atoms with Crippen molar-refractivity contribution in [2.24, 2.45) is 0 Å². The summed E-state index contributed by atoms with van der Waals surface area (Å²) in [5.41, 5.74) is 1.16. The van der Waals surface area contributed by atoms with E-state index in [1.807, 2.05) is 12.1 Å². The van der Waals surface area contributed by atoms with Crippen molar-refractivity contribution < 1.29 is 8.42 Å². The first-order valence-corrected chi connectivity index (χ1v) is 8.66. The fourth-order valence-electron chi connectivity index (χ4n) is 2.39. The van der Waals surface area contributed by atoms with E-state index in [-0.39, 0.29) is 6.04 Å². The summed E-state index contributed by atoms with van der Waals surface area (Å²) >= 11 is 0. The van der Waals surface area contributed by atoms with Crippen molar-refractivity contribution in [3.63, 3.8) is 0 Å². The Morgan fingerprint density at radius 2 is 1.80 bits per heavy atom. The van der Waals surface area contributed by atoms with Crippen LogP contribution in [0, 0.1) is 0 Å². The molecule has 1 aromatic rings. The van der Waals surface area contributed by atoms with E-state index in [0.717, 1.165) is 51.1 Å². The molecular weight excluding hydrogens is 274 g/mol. The van der Waals surface area contributed by atoms with Gasteiger partial charge in [-0.3, -0.25) is 4.90 Å². The van der Waals surface area contributed by atoms with Crippen molar-refractivity contribution in [3.05, 3.63) is 29.8 Å². The van der Waals surface area contributed by atoms with Gasteiger partial charge in [0.25, 0.3) is 0 Å². The molecule has 6 heteroatoms. The molecule has 1 heterocycles. The van der Waals surface area contributed by atoms with Crippen molar-refractivity contribution in [3.8, 4) is 0 Å². The largest absolute Gasteiger partial charge is 0.314 e. The first-order chi connectivity index (χ1) is 9.63. The summed E-state index contributed by atoms with van der Waals surface area (Å²) in [6.45, 7) is 5.03. The van der Waals surface area contributed by atoms with E-state index in [0.29, 0.717) is 4.90 Å². The fraction of sp³-hybridized carbons (Fsp3) is 0.571. The van der Waals surface area contributed by atoms with Crippen LogP contribution < -0.4 is 10.0 Å². The lowest BCUT2D eigenvalue weighted by Crippen LogP contribution is -2.42. The maximum atomic E-state index is 12.1. The van der Waals surface area contributed by atoms with Crippen LogP contribution in [-0.4, -0.2) is 45.5 Å². The minimum Gasteiger partial charge on any atom is -0.314 e. The minimum atomic E-state index is -3.32. The SMILES string of the molecule is O=S(=O)(NC1CC1)c1ccc(CN2CCNCC2)cc1. The van der Waals surface area contributed by atoms with E-state index in [1.54, 1.807) is 12.1 Å². The molecule has 1 aliphatic heterocycles. The Morgan fingerprint density at radius 1 is 1.15 bits per heavy atom. The molecule has 3 rings (SSSR count). The fourth-order valence-corrected chi connectivity index (χ4v) is 3.70. The van der Waals surface area contributed by atoms with Crippen molar-refractivity contribution in [2.45, 2.75) is 30.3 Å². The Bertz CT molecular complexity index is 546. The van der Waals surface area contributed by atoms with Gasteiger partial charge in [-0.15, -0.1) is 0 Å². The number of hydrogen-bond donors (Lipinski definition) is 2. The summed E-state index contributed by atoms with van der Waals surface area (Å²) in [6.07, 6.45) is 1.92. The number of piperazine rings is 1. The highest BCUT2D eigenvalue weighted by atomic mass is 32.2. The third-order valence-corrected chi connectivity index (χ3v) is 5.29. The van der Waals surface area contributed by atoms with Crippen LogP contribution in [0.5, 0.6) is 0 Å². The van der Waals surface area contributed by atoms with E-state index < -0.39 is 10.0 Å². The smallest absolute Gasteiger partial charge is 0.240 e. The lowest BCUT2D eigenvalue weighted by atomic mass is 10.2. The summed E-state index contributed by atoms with van der Waals surface area (Å²) in [5, 5.41) is 3.32. The number of rotatable bonds is 5. The van der Waals surface area contributed by atoms with Gasteiger partial charge in [-0.2, -0.15) is 0 Å². The topological polar surface area (TPSA) is 61.4 Å². The average Bonchev–Trinajstić information content (AvgIpc) is 3.24. The summed E-state index contributed by atoms with van der Waals surface area (Å²) in [6, 6.07) is 7.41. The third-order valence-electron chi connectivity index (χ3n) is 3.75. The molecular formula is C14H21N3O2S. The van der Waals surface area contributed by atoms with E-state index >= 15 is 0 Å². The molecule has 110 valence electrons. The maximum absolute atomic E-state index is 12.1. The van der Waals surface area contributed by atoms with Crippen LogP contribution in [0.2, 0.25) is 0 Å². The van der Waals surface area contributed by atoms with Crippen molar-refractivity contribution in [1.29, 1.82) is 0 Å². The second-order valence-corrected chi connectivity index (χ2v) is 7.28. The molecule has 0 radical (unpaired) electrons. The van der Waals surface area contributed by atoms with E-state index in [9.17, 15) is 8.42 Å². The number of hydrogen-bond acceptors (Lipinski definition) is 4. The second-order valence-electron chi connectivity index (χ2n) is 5.57. The van der Waals surface area contributed by atoms with Crippen molar-refractivity contribution in [1.82, 2.24) is 14.9 Å². The molecule has 2 aliphatic rings. The minimum absolute atomic E-state index is 0.153. The summed E-state index contributed by atoms with van der Waals surface area (Å²) in [4.78, 5) is 2.75. The van der Waals surface area contributed by atoms with E-state index in [1.165, 1.54) is 0 Å². The Balaban J connectivity index is 1.64. The van der Waals surface area contributed by atoms with Gasteiger partial charge in [0.05, 0.1) is 4.90 Å². The highest BCUT2D eigenvalue weighted by Crippen LogP contribution is 2.22. The molecule has 20 heavy (non-hydrogen) atoms. The Morgan fingerprint density at radius 3 is 2.40 bits per heavy atom. The van der Waals surface area contributed by atoms with Gasteiger partial charge in [0.1, 0.15) is 0 Å². The lowest BCUT2D eigenvalue weighted by molar-refractivity contribution is 0.233. The van der Waals surface area contributed by atoms with Crippen molar-refractivity contribution >= 4 is 10.0 Å². The lowest BCUT2D eigenvalue weighted by Gasteiger charge is -2.27. The van der Waals surface area contributed by atoms with Gasteiger partial charge in [0.15, 0.2) is 0 Å². The van der Waals surface area contributed by atoms with Gasteiger partial charge in [-0.05, 0) is 30.5 Å². The van der Waals surface area contributed by atoms with Crippen LogP contribution in [0.15, 0.2) is 29.2 Å². The first kappa shape index (κ1) is 14.0. The number of nitrogens with zero attached hydrogens (tertiary/aromatic N) is 1. The molecule has 1 aliphatic carbocycles. The van der Waals surface area contributed by atoms with Gasteiger partial charge in [-0.25, -0.2) is 13.1 Å². The predicted molar refractivity (Wildman–Crippen MR) is 77.9 cm³/mol. The average molecular weight is 295 g/mol.